The van der Waals surface area contributed by atoms with Crippen LogP contribution >= 0.6 is 0 Å². The lowest BCUT2D eigenvalue weighted by Crippen LogP contribution is -2.44. The van der Waals surface area contributed by atoms with Gasteiger partial charge in [-0.25, -0.2) is 18.4 Å². The molecule has 0 saturated heterocycles. The summed E-state index contributed by atoms with van der Waals surface area (Å²) in [5.74, 6) is -3.66. The highest BCUT2D eigenvalue weighted by molar-refractivity contribution is 5.81. The maximum absolute atomic E-state index is 13.2. The summed E-state index contributed by atoms with van der Waals surface area (Å²) in [6, 6.07) is -0.969. The van der Waals surface area contributed by atoms with Crippen LogP contribution in [0.4, 0.5) is 13.6 Å². The van der Waals surface area contributed by atoms with E-state index in [-0.39, 0.29) is 25.2 Å². The molecule has 2 atom stereocenters. The maximum Gasteiger partial charge on any atom is 0.408 e. The average Bonchev–Trinajstić information content (AvgIpc) is 2.64. The monoisotopic (exact) mass is 307 g/mol. The minimum absolute atomic E-state index is 0.126. The second kappa shape index (κ2) is 6.58. The first-order valence-corrected chi connectivity index (χ1v) is 6.97. The third-order valence-electron chi connectivity index (χ3n) is 3.25. The fourth-order valence-corrected chi connectivity index (χ4v) is 2.38. The third-order valence-corrected chi connectivity index (χ3v) is 3.25. The van der Waals surface area contributed by atoms with E-state index < -0.39 is 29.6 Å². The van der Waals surface area contributed by atoms with Crippen LogP contribution in [0.15, 0.2) is 0 Å². The van der Waals surface area contributed by atoms with Crippen LogP contribution < -0.4 is 5.32 Å². The molecule has 0 aromatic heterocycles. The quantitative estimate of drug-likeness (QED) is 0.811. The van der Waals surface area contributed by atoms with Gasteiger partial charge < -0.3 is 14.8 Å². The number of hydrogen-bond donors (Lipinski definition) is 1. The van der Waals surface area contributed by atoms with Gasteiger partial charge in [-0.3, -0.25) is 0 Å². The predicted octanol–water partition coefficient (Wildman–Crippen LogP) is 2.88. The van der Waals surface area contributed by atoms with Gasteiger partial charge in [0.25, 0.3) is 0 Å². The van der Waals surface area contributed by atoms with Crippen molar-refractivity contribution in [1.29, 1.82) is 0 Å². The first kappa shape index (κ1) is 17.7. The number of carbonyl (C=O) groups excluding carboxylic acids is 2. The number of nitrogens with one attached hydrogen (secondary N) is 1. The molecule has 0 heterocycles. The van der Waals surface area contributed by atoms with Crippen molar-refractivity contribution in [2.45, 2.75) is 64.0 Å². The van der Waals surface area contributed by atoms with Crippen LogP contribution in [0.2, 0.25) is 0 Å². The Morgan fingerprint density at radius 3 is 2.43 bits per heavy atom. The summed E-state index contributed by atoms with van der Waals surface area (Å²) in [5, 5.41) is 2.40. The lowest BCUT2D eigenvalue weighted by molar-refractivity contribution is -0.143. The Hall–Kier alpha value is -1.40. The van der Waals surface area contributed by atoms with Crippen molar-refractivity contribution >= 4 is 12.1 Å². The van der Waals surface area contributed by atoms with Crippen molar-refractivity contribution < 1.29 is 27.8 Å². The zero-order valence-electron chi connectivity index (χ0n) is 12.9. The Labute approximate surface area is 123 Å². The number of rotatable bonds is 4. The molecule has 5 nitrogen and oxygen atoms in total. The minimum Gasteiger partial charge on any atom is -0.467 e. The predicted molar refractivity (Wildman–Crippen MR) is 72.1 cm³/mol. The Balaban J connectivity index is 2.61. The van der Waals surface area contributed by atoms with E-state index >= 15 is 0 Å². The van der Waals surface area contributed by atoms with E-state index in [2.05, 4.69) is 10.1 Å². The highest BCUT2D eigenvalue weighted by Gasteiger charge is 2.41. The maximum atomic E-state index is 13.2. The topological polar surface area (TPSA) is 64.6 Å². The Bertz CT molecular complexity index is 393. The summed E-state index contributed by atoms with van der Waals surface area (Å²) in [6.45, 7) is 5.08. The van der Waals surface area contributed by atoms with Gasteiger partial charge in [-0.05, 0) is 39.5 Å². The van der Waals surface area contributed by atoms with Crippen LogP contribution in [0.25, 0.3) is 0 Å². The zero-order valence-corrected chi connectivity index (χ0v) is 12.9. The molecule has 0 spiro atoms. The summed E-state index contributed by atoms with van der Waals surface area (Å²) in [7, 11) is 1.19. The molecule has 7 heteroatoms. The van der Waals surface area contributed by atoms with Gasteiger partial charge in [-0.1, -0.05) is 0 Å². The molecule has 1 aliphatic rings. The number of carbonyl (C=O) groups is 2. The first-order valence-electron chi connectivity index (χ1n) is 6.97. The summed E-state index contributed by atoms with van der Waals surface area (Å²) in [5.41, 5.74) is -0.703. The summed E-state index contributed by atoms with van der Waals surface area (Å²) in [4.78, 5) is 23.4. The number of halogens is 2. The fourth-order valence-electron chi connectivity index (χ4n) is 2.38. The van der Waals surface area contributed by atoms with Crippen LogP contribution in [0.3, 0.4) is 0 Å². The first-order chi connectivity index (χ1) is 9.52. The van der Waals surface area contributed by atoms with Gasteiger partial charge in [0.05, 0.1) is 7.11 Å². The number of esters is 1. The van der Waals surface area contributed by atoms with Crippen LogP contribution in [0, 0.1) is 5.92 Å². The number of amides is 1. The van der Waals surface area contributed by atoms with Gasteiger partial charge in [0.15, 0.2) is 0 Å². The Morgan fingerprint density at radius 1 is 1.38 bits per heavy atom. The third kappa shape index (κ3) is 6.27. The van der Waals surface area contributed by atoms with E-state index in [1.165, 1.54) is 7.11 Å². The molecule has 1 aliphatic carbocycles. The van der Waals surface area contributed by atoms with E-state index in [9.17, 15) is 18.4 Å². The van der Waals surface area contributed by atoms with Crippen LogP contribution in [-0.2, 0) is 14.3 Å². The van der Waals surface area contributed by atoms with Crippen molar-refractivity contribution in [3.63, 3.8) is 0 Å². The van der Waals surface area contributed by atoms with Gasteiger partial charge in [0.1, 0.15) is 11.6 Å². The lowest BCUT2D eigenvalue weighted by atomic mass is 9.98. The molecule has 0 bridgehead atoms. The second-order valence-corrected chi connectivity index (χ2v) is 6.42. The molecule has 0 radical (unpaired) electrons. The zero-order chi connectivity index (χ0) is 16.3. The molecule has 122 valence electrons. The molecule has 0 aromatic rings. The largest absolute Gasteiger partial charge is 0.467 e. The highest BCUT2D eigenvalue weighted by atomic mass is 19.3. The molecule has 0 aliphatic heterocycles. The van der Waals surface area contributed by atoms with Gasteiger partial charge in [-0.2, -0.15) is 0 Å². The summed E-state index contributed by atoms with van der Waals surface area (Å²) >= 11 is 0. The highest BCUT2D eigenvalue weighted by Crippen LogP contribution is 2.40. The van der Waals surface area contributed by atoms with Gasteiger partial charge >= 0.3 is 12.1 Å². The van der Waals surface area contributed by atoms with E-state index in [0.717, 1.165) is 0 Å². The molecule has 0 unspecified atom stereocenters. The van der Waals surface area contributed by atoms with Gasteiger partial charge in [0.2, 0.25) is 5.92 Å². The molecular formula is C14H23F2NO4. The minimum atomic E-state index is -2.68. The van der Waals surface area contributed by atoms with Crippen LogP contribution in [0.1, 0.15) is 46.5 Å². The molecule has 1 fully saturated rings. The molecule has 1 rings (SSSR count). The fraction of sp³-hybridized carbons (Fsp3) is 0.857. The van der Waals surface area contributed by atoms with Crippen molar-refractivity contribution in [2.24, 2.45) is 5.92 Å². The van der Waals surface area contributed by atoms with Crippen LogP contribution in [-0.4, -0.2) is 36.7 Å². The average molecular weight is 307 g/mol. The number of ether oxygens (including phenoxy) is 2. The number of methoxy groups -OCH3 is 1. The SMILES string of the molecule is COC(=O)[C@H](C[C@@H]1CCC(F)(F)C1)NC(=O)OC(C)(C)C. The van der Waals surface area contributed by atoms with Gasteiger partial charge in [-0.15, -0.1) is 0 Å². The Morgan fingerprint density at radius 2 is 2.00 bits per heavy atom. The smallest absolute Gasteiger partial charge is 0.408 e. The Kier molecular flexibility index (Phi) is 5.53. The number of alkyl halides is 2. The molecule has 1 saturated carbocycles. The van der Waals surface area contributed by atoms with E-state index in [4.69, 9.17) is 4.74 Å². The van der Waals surface area contributed by atoms with Gasteiger partial charge in [0, 0.05) is 12.8 Å². The molecule has 1 N–H and O–H groups in total. The molecule has 0 aromatic carbocycles. The summed E-state index contributed by atoms with van der Waals surface area (Å²) < 4.78 is 36.0. The second-order valence-electron chi connectivity index (χ2n) is 6.42. The number of hydrogen-bond acceptors (Lipinski definition) is 4. The number of alkyl carbamates (subject to hydrolysis) is 1. The lowest BCUT2D eigenvalue weighted by Gasteiger charge is -2.24. The van der Waals surface area contributed by atoms with E-state index in [1.807, 2.05) is 0 Å². The standard InChI is InChI=1S/C14H23F2NO4/c1-13(2,3)21-12(19)17-10(11(18)20-4)7-9-5-6-14(15,16)8-9/h9-10H,5-8H2,1-4H3,(H,17,19)/t9-,10-/m0/s1. The van der Waals surface area contributed by atoms with Crippen molar-refractivity contribution in [3.8, 4) is 0 Å². The van der Waals surface area contributed by atoms with Crippen molar-refractivity contribution in [2.75, 3.05) is 7.11 Å². The molecule has 1 amide bonds. The van der Waals surface area contributed by atoms with Crippen LogP contribution in [0.5, 0.6) is 0 Å². The van der Waals surface area contributed by atoms with E-state index in [0.29, 0.717) is 6.42 Å². The molecule has 21 heavy (non-hydrogen) atoms. The normalized spacial score (nSPS) is 22.5. The van der Waals surface area contributed by atoms with E-state index in [1.54, 1.807) is 20.8 Å². The van der Waals surface area contributed by atoms with Crippen molar-refractivity contribution in [3.05, 3.63) is 0 Å². The van der Waals surface area contributed by atoms with Crippen molar-refractivity contribution in [1.82, 2.24) is 5.32 Å². The summed E-state index contributed by atoms with van der Waals surface area (Å²) in [6.07, 6.45) is -0.755. The molecular weight excluding hydrogens is 284 g/mol.